The van der Waals surface area contributed by atoms with Gasteiger partial charge < -0.3 is 24.7 Å². The lowest BCUT2D eigenvalue weighted by atomic mass is 10.0. The quantitative estimate of drug-likeness (QED) is 0.0488. The molecule has 4 aromatic carbocycles. The smallest absolute Gasteiger partial charge is 0.335 e. The second-order valence-corrected chi connectivity index (χ2v) is 16.0. The van der Waals surface area contributed by atoms with E-state index in [1.807, 2.05) is 10.6 Å². The highest BCUT2D eigenvalue weighted by Gasteiger charge is 2.17. The number of nitrogens with one attached hydrogen (secondary N) is 1. The Morgan fingerprint density at radius 3 is 1.60 bits per heavy atom. The summed E-state index contributed by atoms with van der Waals surface area (Å²) in [5.74, 6) is -2.49. The van der Waals surface area contributed by atoms with Gasteiger partial charge in [0.05, 0.1) is 27.7 Å². The molecule has 0 radical (unpaired) electrons. The maximum absolute atomic E-state index is 13.5. The molecule has 0 unspecified atom stereocenters. The number of carboxylic acids is 2. The van der Waals surface area contributed by atoms with Crippen LogP contribution in [0.5, 0.6) is 0 Å². The standard InChI is InChI=1S/C29H18N2O6.C20H43N/c32-26-18-5-1-3-7-22(18)30-23-12-21-25(13-20(23)26)31(24-8-4-2-6-19(24)27(21)33)14-15-9-16(28(34)35)11-17(10-15)29(36)37;1-4-5-6-7-8-9-10-11-12-13-14-15-16-17-18-19-20-21(2)3/h1-13H,14H2,(H,30,32)(H,34,35)(H,36,37);4-20H2,1-3H3. The Bertz CT molecular complexity index is 2400. The number of benzene rings is 4. The molecule has 0 saturated carbocycles. The zero-order valence-corrected chi connectivity index (χ0v) is 34.7. The van der Waals surface area contributed by atoms with Crippen LogP contribution in [0.1, 0.15) is 136 Å². The van der Waals surface area contributed by atoms with Gasteiger partial charge in [0.25, 0.3) is 0 Å². The molecule has 0 atom stereocenters. The minimum atomic E-state index is -1.25. The van der Waals surface area contributed by atoms with E-state index in [2.05, 4.69) is 30.9 Å². The highest BCUT2D eigenvalue weighted by molar-refractivity contribution is 6.03. The minimum Gasteiger partial charge on any atom is -0.478 e. The van der Waals surface area contributed by atoms with Crippen molar-refractivity contribution in [3.05, 3.63) is 116 Å². The Balaban J connectivity index is 0.000000263. The summed E-state index contributed by atoms with van der Waals surface area (Å²) in [6, 6.07) is 21.4. The molecule has 9 nitrogen and oxygen atoms in total. The van der Waals surface area contributed by atoms with Crippen LogP contribution >= 0.6 is 0 Å². The van der Waals surface area contributed by atoms with Crippen LogP contribution in [0.25, 0.3) is 43.6 Å². The van der Waals surface area contributed by atoms with Crippen molar-refractivity contribution in [3.63, 3.8) is 0 Å². The molecule has 58 heavy (non-hydrogen) atoms. The molecule has 9 heteroatoms. The monoisotopic (exact) mass is 787 g/mol. The van der Waals surface area contributed by atoms with E-state index in [1.165, 1.54) is 121 Å². The van der Waals surface area contributed by atoms with Gasteiger partial charge in [-0.05, 0) is 87.2 Å². The van der Waals surface area contributed by atoms with Crippen LogP contribution in [-0.2, 0) is 6.54 Å². The summed E-state index contributed by atoms with van der Waals surface area (Å²) in [5, 5.41) is 20.8. The number of unbranched alkanes of at least 4 members (excludes halogenated alkanes) is 15. The second-order valence-electron chi connectivity index (χ2n) is 16.0. The summed E-state index contributed by atoms with van der Waals surface area (Å²) < 4.78 is 1.81. The average Bonchev–Trinajstić information content (AvgIpc) is 3.22. The summed E-state index contributed by atoms with van der Waals surface area (Å²) in [4.78, 5) is 55.7. The number of hydrogen-bond acceptors (Lipinski definition) is 5. The molecule has 0 aliphatic heterocycles. The topological polar surface area (TPSA) is 133 Å². The molecule has 0 bridgehead atoms. The predicted octanol–water partition coefficient (Wildman–Crippen LogP) is 11.4. The number of para-hydroxylation sites is 2. The third-order valence-corrected chi connectivity index (χ3v) is 11.1. The van der Waals surface area contributed by atoms with Crippen molar-refractivity contribution in [2.75, 3.05) is 20.6 Å². The van der Waals surface area contributed by atoms with E-state index in [0.29, 0.717) is 49.2 Å². The predicted molar refractivity (Wildman–Crippen MR) is 239 cm³/mol. The number of fused-ring (bicyclic) bond motifs is 4. The highest BCUT2D eigenvalue weighted by atomic mass is 16.4. The highest BCUT2D eigenvalue weighted by Crippen LogP contribution is 2.26. The summed E-state index contributed by atoms with van der Waals surface area (Å²) in [7, 11) is 4.34. The van der Waals surface area contributed by atoms with Crippen molar-refractivity contribution in [3.8, 4) is 0 Å². The van der Waals surface area contributed by atoms with Crippen molar-refractivity contribution < 1.29 is 19.8 Å². The van der Waals surface area contributed by atoms with Gasteiger partial charge in [-0.2, -0.15) is 0 Å². The fraction of sp³-hybridized carbons (Fsp3) is 0.429. The number of H-pyrrole nitrogens is 1. The Labute approximate surface area is 341 Å². The molecule has 0 fully saturated rings. The van der Waals surface area contributed by atoms with Gasteiger partial charge in [0.15, 0.2) is 10.9 Å². The third-order valence-electron chi connectivity index (χ3n) is 11.1. The molecule has 0 saturated heterocycles. The van der Waals surface area contributed by atoms with E-state index in [1.54, 1.807) is 54.6 Å². The lowest BCUT2D eigenvalue weighted by Gasteiger charge is -2.17. The number of carboxylic acid groups (broad SMARTS) is 2. The molecule has 3 N–H and O–H groups in total. The SMILES string of the molecule is CCCCCCCCCCCCCCCCCCN(C)C.O=C(O)c1cc(Cn2c3ccccc3c(=O)c3cc4[nH]c5ccccc5c(=O)c4cc32)cc(C(=O)O)c1. The number of aromatic nitrogens is 2. The molecule has 0 aliphatic rings. The molecular formula is C49H61N3O6. The molecule has 2 heterocycles. The summed E-state index contributed by atoms with van der Waals surface area (Å²) in [5.41, 5.74) is 1.98. The van der Waals surface area contributed by atoms with E-state index in [4.69, 9.17) is 0 Å². The van der Waals surface area contributed by atoms with E-state index < -0.39 is 11.9 Å². The van der Waals surface area contributed by atoms with Gasteiger partial charge in [-0.3, -0.25) is 9.59 Å². The van der Waals surface area contributed by atoms with Crippen molar-refractivity contribution in [2.24, 2.45) is 0 Å². The van der Waals surface area contributed by atoms with Gasteiger partial charge >= 0.3 is 11.9 Å². The van der Waals surface area contributed by atoms with E-state index >= 15 is 0 Å². The van der Waals surface area contributed by atoms with Gasteiger partial charge in [0.1, 0.15) is 0 Å². The zero-order chi connectivity index (χ0) is 41.4. The van der Waals surface area contributed by atoms with Crippen LogP contribution < -0.4 is 10.9 Å². The molecule has 0 aliphatic carbocycles. The second kappa shape index (κ2) is 22.0. The number of aromatic carboxylic acids is 2. The van der Waals surface area contributed by atoms with Crippen molar-refractivity contribution in [2.45, 2.75) is 116 Å². The van der Waals surface area contributed by atoms with Crippen LogP contribution in [0, 0.1) is 0 Å². The molecule has 6 rings (SSSR count). The van der Waals surface area contributed by atoms with Crippen LogP contribution in [0.4, 0.5) is 0 Å². The molecule has 2 aromatic heterocycles. The van der Waals surface area contributed by atoms with Crippen molar-refractivity contribution in [1.29, 1.82) is 0 Å². The Hall–Kier alpha value is -5.28. The molecule has 308 valence electrons. The van der Waals surface area contributed by atoms with Gasteiger partial charge in [0.2, 0.25) is 0 Å². The Kier molecular flexibility index (Phi) is 16.6. The van der Waals surface area contributed by atoms with Crippen molar-refractivity contribution in [1.82, 2.24) is 14.5 Å². The lowest BCUT2D eigenvalue weighted by Crippen LogP contribution is -2.14. The maximum atomic E-state index is 13.5. The van der Waals surface area contributed by atoms with E-state index in [-0.39, 0.29) is 28.5 Å². The number of aromatic amines is 1. The van der Waals surface area contributed by atoms with Gasteiger partial charge in [0, 0.05) is 33.6 Å². The van der Waals surface area contributed by atoms with Gasteiger partial charge in [-0.15, -0.1) is 0 Å². The van der Waals surface area contributed by atoms with Crippen LogP contribution in [0.3, 0.4) is 0 Å². The normalized spacial score (nSPS) is 11.4. The molecule has 0 spiro atoms. The first-order valence-corrected chi connectivity index (χ1v) is 21.3. The van der Waals surface area contributed by atoms with Gasteiger partial charge in [-0.25, -0.2) is 9.59 Å². The average molecular weight is 788 g/mol. The van der Waals surface area contributed by atoms with E-state index in [9.17, 15) is 29.4 Å². The lowest BCUT2D eigenvalue weighted by molar-refractivity contribution is 0.0696. The number of rotatable bonds is 21. The first-order chi connectivity index (χ1) is 28.1. The first kappa shape index (κ1) is 43.8. The Morgan fingerprint density at radius 2 is 1.05 bits per heavy atom. The van der Waals surface area contributed by atoms with E-state index in [0.717, 1.165) is 6.07 Å². The fourth-order valence-electron chi connectivity index (χ4n) is 7.90. The molecular weight excluding hydrogens is 727 g/mol. The number of hydrogen-bond donors (Lipinski definition) is 3. The molecule has 6 aromatic rings. The third kappa shape index (κ3) is 11.9. The fourth-order valence-corrected chi connectivity index (χ4v) is 7.90. The van der Waals surface area contributed by atoms with Crippen molar-refractivity contribution >= 4 is 55.6 Å². The number of nitrogens with zero attached hydrogens (tertiary/aromatic N) is 2. The Morgan fingerprint density at radius 1 is 0.552 bits per heavy atom. The number of carbonyl (C=O) groups is 2. The van der Waals surface area contributed by atoms with Gasteiger partial charge in [-0.1, -0.05) is 128 Å². The zero-order valence-electron chi connectivity index (χ0n) is 34.7. The minimum absolute atomic E-state index is 0.0791. The van der Waals surface area contributed by atoms with Crippen LogP contribution in [0.15, 0.2) is 88.5 Å². The summed E-state index contributed by atoms with van der Waals surface area (Å²) in [6.45, 7) is 3.64. The maximum Gasteiger partial charge on any atom is 0.335 e. The van der Waals surface area contributed by atoms with Crippen LogP contribution in [0.2, 0.25) is 0 Å². The number of pyridine rings is 2. The largest absolute Gasteiger partial charge is 0.478 e. The summed E-state index contributed by atoms with van der Waals surface area (Å²) >= 11 is 0. The summed E-state index contributed by atoms with van der Waals surface area (Å²) in [6.07, 6.45) is 23.3. The molecule has 0 amide bonds. The van der Waals surface area contributed by atoms with Crippen LogP contribution in [-0.4, -0.2) is 57.2 Å². The first-order valence-electron chi connectivity index (χ1n) is 21.3.